The zero-order valence-corrected chi connectivity index (χ0v) is 17.6. The monoisotopic (exact) mass is 493 g/mol. The molecule has 3 heterocycles. The number of rotatable bonds is 4. The van der Waals surface area contributed by atoms with E-state index in [9.17, 15) is 26.3 Å². The number of nitrogens with zero attached hydrogens (tertiary/aromatic N) is 2. The van der Waals surface area contributed by atoms with E-state index in [0.29, 0.717) is 0 Å². The van der Waals surface area contributed by atoms with E-state index in [1.807, 2.05) is 11.7 Å². The van der Waals surface area contributed by atoms with Crippen LogP contribution in [-0.4, -0.2) is 77.2 Å². The van der Waals surface area contributed by atoms with E-state index in [-0.39, 0.29) is 6.10 Å². The van der Waals surface area contributed by atoms with Crippen LogP contribution in [0.25, 0.3) is 0 Å². The number of carbonyl (C=O) groups is 2. The van der Waals surface area contributed by atoms with Crippen LogP contribution in [0.5, 0.6) is 0 Å². The zero-order chi connectivity index (χ0) is 25.2. The summed E-state index contributed by atoms with van der Waals surface area (Å²) >= 11 is 0. The quantitative estimate of drug-likeness (QED) is 0.547. The fourth-order valence-corrected chi connectivity index (χ4v) is 2.93. The predicted octanol–water partition coefficient (Wildman–Crippen LogP) is 2.32. The number of nitrogens with one attached hydrogen (secondary N) is 1. The molecule has 2 aliphatic heterocycles. The lowest BCUT2D eigenvalue weighted by atomic mass is 10.00. The topological polar surface area (TPSA) is 123 Å². The maximum absolute atomic E-state index is 10.6. The van der Waals surface area contributed by atoms with E-state index >= 15 is 0 Å². The van der Waals surface area contributed by atoms with E-state index in [1.54, 1.807) is 0 Å². The summed E-state index contributed by atoms with van der Waals surface area (Å²) in [6.07, 6.45) is -4.60. The molecule has 1 atom stereocenters. The number of halogens is 6. The molecule has 33 heavy (non-hydrogen) atoms. The molecule has 0 spiro atoms. The third kappa shape index (κ3) is 10.9. The predicted molar refractivity (Wildman–Crippen MR) is 99.4 cm³/mol. The van der Waals surface area contributed by atoms with Crippen molar-refractivity contribution >= 4 is 11.9 Å². The number of aryl methyl sites for hydroxylation is 1. The lowest BCUT2D eigenvalue weighted by Crippen LogP contribution is -2.32. The molecule has 0 saturated carbocycles. The van der Waals surface area contributed by atoms with Gasteiger partial charge in [-0.2, -0.15) is 31.4 Å². The van der Waals surface area contributed by atoms with Gasteiger partial charge in [-0.3, -0.25) is 4.68 Å². The molecule has 0 bridgehead atoms. The summed E-state index contributed by atoms with van der Waals surface area (Å²) in [6.45, 7) is 4.56. The Morgan fingerprint density at radius 3 is 2.06 bits per heavy atom. The first kappa shape index (κ1) is 28.6. The number of hydrogen-bond acceptors (Lipinski definition) is 6. The summed E-state index contributed by atoms with van der Waals surface area (Å²) in [5, 5.41) is 22.3. The van der Waals surface area contributed by atoms with Gasteiger partial charge in [-0.25, -0.2) is 9.59 Å². The first-order valence-corrected chi connectivity index (χ1v) is 9.74. The van der Waals surface area contributed by atoms with Crippen LogP contribution in [0.15, 0.2) is 6.20 Å². The Hall–Kier alpha value is -2.39. The molecule has 0 aromatic carbocycles. The van der Waals surface area contributed by atoms with Crippen LogP contribution in [0.2, 0.25) is 0 Å². The molecule has 1 fully saturated rings. The van der Waals surface area contributed by atoms with Crippen molar-refractivity contribution in [2.45, 2.75) is 37.7 Å². The van der Waals surface area contributed by atoms with E-state index in [1.165, 1.54) is 18.4 Å². The molecular formula is C18H25F6N3O6. The second kappa shape index (κ2) is 12.7. The van der Waals surface area contributed by atoms with Crippen molar-refractivity contribution in [3.63, 3.8) is 0 Å². The van der Waals surface area contributed by atoms with Crippen LogP contribution in [0.1, 0.15) is 30.2 Å². The maximum atomic E-state index is 10.6. The van der Waals surface area contributed by atoms with Gasteiger partial charge in [0.15, 0.2) is 0 Å². The summed E-state index contributed by atoms with van der Waals surface area (Å²) in [5.41, 5.74) is 2.46. The Balaban J connectivity index is 0.000000324. The molecule has 190 valence electrons. The highest BCUT2D eigenvalue weighted by Crippen LogP contribution is 2.25. The number of aromatic nitrogens is 2. The molecule has 1 aromatic heterocycles. The summed E-state index contributed by atoms with van der Waals surface area (Å²) in [4.78, 5) is 17.8. The highest BCUT2D eigenvalue weighted by atomic mass is 19.4. The molecule has 1 saturated heterocycles. The van der Waals surface area contributed by atoms with Crippen molar-refractivity contribution < 1.29 is 55.6 Å². The van der Waals surface area contributed by atoms with Gasteiger partial charge in [-0.15, -0.1) is 0 Å². The van der Waals surface area contributed by atoms with Gasteiger partial charge in [0, 0.05) is 33.0 Å². The standard InChI is InChI=1S/C14H23N3O2.2C2HF3O2/c1-17-10-12-4-7-19-13(14(12)16-17)9-15-8-11-2-5-18-6-3-11;2*3-2(4,5)1(6)7/h10-11,13,15H,2-9H2,1H3;2*(H,6,7). The third-order valence-corrected chi connectivity index (χ3v) is 4.52. The Bertz CT molecular complexity index is 738. The summed E-state index contributed by atoms with van der Waals surface area (Å²) in [7, 11) is 1.98. The molecule has 1 aromatic rings. The summed E-state index contributed by atoms with van der Waals surface area (Å²) in [5.74, 6) is -4.76. The lowest BCUT2D eigenvalue weighted by molar-refractivity contribution is -0.193. The SMILES string of the molecule is Cn1cc2c(n1)C(CNCC1CCOCC1)OCC2.O=C(O)C(F)(F)F.O=C(O)C(F)(F)F. The smallest absolute Gasteiger partial charge is 0.475 e. The molecule has 0 radical (unpaired) electrons. The fraction of sp³-hybridized carbons (Fsp3) is 0.722. The van der Waals surface area contributed by atoms with E-state index in [4.69, 9.17) is 29.3 Å². The van der Waals surface area contributed by atoms with Gasteiger partial charge in [-0.1, -0.05) is 0 Å². The molecule has 0 aliphatic carbocycles. The van der Waals surface area contributed by atoms with Crippen molar-refractivity contribution in [2.24, 2.45) is 13.0 Å². The number of carboxylic acid groups (broad SMARTS) is 2. The molecule has 3 rings (SSSR count). The number of carboxylic acids is 2. The molecule has 0 amide bonds. The molecule has 3 N–H and O–H groups in total. The molecule has 15 heteroatoms. The largest absolute Gasteiger partial charge is 0.490 e. The highest BCUT2D eigenvalue weighted by molar-refractivity contribution is 5.73. The zero-order valence-electron chi connectivity index (χ0n) is 17.6. The molecule has 9 nitrogen and oxygen atoms in total. The van der Waals surface area contributed by atoms with Crippen LogP contribution in [0.4, 0.5) is 26.3 Å². The second-order valence-electron chi connectivity index (χ2n) is 7.14. The fourth-order valence-electron chi connectivity index (χ4n) is 2.93. The van der Waals surface area contributed by atoms with E-state index < -0.39 is 24.3 Å². The Kier molecular flexibility index (Phi) is 11.1. The minimum absolute atomic E-state index is 0.116. The second-order valence-corrected chi connectivity index (χ2v) is 7.14. The van der Waals surface area contributed by atoms with Crippen LogP contribution in [0, 0.1) is 5.92 Å². The average molecular weight is 493 g/mol. The van der Waals surface area contributed by atoms with Gasteiger partial charge < -0.3 is 25.0 Å². The average Bonchev–Trinajstić information content (AvgIpc) is 3.09. The van der Waals surface area contributed by atoms with Crippen LogP contribution in [0.3, 0.4) is 0 Å². The highest BCUT2D eigenvalue weighted by Gasteiger charge is 2.38. The molecule has 2 aliphatic rings. The van der Waals surface area contributed by atoms with Gasteiger partial charge in [0.05, 0.1) is 12.3 Å². The maximum Gasteiger partial charge on any atom is 0.490 e. The van der Waals surface area contributed by atoms with Crippen molar-refractivity contribution in [3.05, 3.63) is 17.5 Å². The Morgan fingerprint density at radius 2 is 1.58 bits per heavy atom. The number of ether oxygens (including phenoxy) is 2. The molecule has 1 unspecified atom stereocenters. The third-order valence-electron chi connectivity index (χ3n) is 4.52. The van der Waals surface area contributed by atoms with Gasteiger partial charge in [0.25, 0.3) is 0 Å². The number of alkyl halides is 6. The minimum Gasteiger partial charge on any atom is -0.475 e. The molecular weight excluding hydrogens is 468 g/mol. The van der Waals surface area contributed by atoms with Gasteiger partial charge in [0.1, 0.15) is 6.10 Å². The summed E-state index contributed by atoms with van der Waals surface area (Å²) < 4.78 is 76.6. The number of hydrogen-bond donors (Lipinski definition) is 3. The lowest BCUT2D eigenvalue weighted by Gasteiger charge is -2.25. The van der Waals surface area contributed by atoms with Crippen molar-refractivity contribution in [3.8, 4) is 0 Å². The Labute approximate surface area is 184 Å². The van der Waals surface area contributed by atoms with Crippen LogP contribution >= 0.6 is 0 Å². The van der Waals surface area contributed by atoms with Gasteiger partial charge in [-0.05, 0) is 37.3 Å². The first-order valence-electron chi connectivity index (χ1n) is 9.74. The van der Waals surface area contributed by atoms with Crippen LogP contribution in [-0.2, 0) is 32.5 Å². The number of aliphatic carboxylic acids is 2. The van der Waals surface area contributed by atoms with E-state index in [2.05, 4.69) is 16.6 Å². The van der Waals surface area contributed by atoms with Crippen LogP contribution < -0.4 is 5.32 Å². The first-order chi connectivity index (χ1) is 15.2. The minimum atomic E-state index is -5.08. The van der Waals surface area contributed by atoms with Gasteiger partial charge in [0.2, 0.25) is 0 Å². The number of fused-ring (bicyclic) bond motifs is 1. The normalized spacial score (nSPS) is 18.8. The van der Waals surface area contributed by atoms with Crippen molar-refractivity contribution in [1.29, 1.82) is 0 Å². The van der Waals surface area contributed by atoms with Gasteiger partial charge >= 0.3 is 24.3 Å². The van der Waals surface area contributed by atoms with Crippen molar-refractivity contribution in [1.82, 2.24) is 15.1 Å². The Morgan fingerprint density at radius 1 is 1.06 bits per heavy atom. The summed E-state index contributed by atoms with van der Waals surface area (Å²) in [6, 6.07) is 0. The van der Waals surface area contributed by atoms with Crippen molar-refractivity contribution in [2.75, 3.05) is 32.9 Å². The van der Waals surface area contributed by atoms with E-state index in [0.717, 1.165) is 50.9 Å².